The third kappa shape index (κ3) is 3.29. The lowest BCUT2D eigenvalue weighted by molar-refractivity contribution is -0.137. The van der Waals surface area contributed by atoms with E-state index < -0.39 is 23.0 Å². The molecule has 1 saturated carbocycles. The zero-order valence-corrected chi connectivity index (χ0v) is 12.6. The van der Waals surface area contributed by atoms with E-state index in [1.165, 1.54) is 4.90 Å². The molecule has 0 spiro atoms. The van der Waals surface area contributed by atoms with Gasteiger partial charge < -0.3 is 15.3 Å². The maximum atomic E-state index is 12.8. The molecule has 0 aromatic carbocycles. The van der Waals surface area contributed by atoms with Crippen molar-refractivity contribution in [2.75, 3.05) is 18.4 Å². The number of nitrogens with one attached hydrogen (secondary N) is 1. The van der Waals surface area contributed by atoms with Crippen LogP contribution >= 0.6 is 11.6 Å². The Morgan fingerprint density at radius 2 is 1.91 bits per heavy atom. The summed E-state index contributed by atoms with van der Waals surface area (Å²) in [6.45, 7) is 0.941. The highest BCUT2D eigenvalue weighted by atomic mass is 35.5. The number of carboxylic acid groups (broad SMARTS) is 1. The van der Waals surface area contributed by atoms with Crippen molar-refractivity contribution in [3.63, 3.8) is 0 Å². The fourth-order valence-electron chi connectivity index (χ4n) is 3.43. The van der Waals surface area contributed by atoms with Gasteiger partial charge in [0.2, 0.25) is 0 Å². The van der Waals surface area contributed by atoms with Crippen LogP contribution in [0.1, 0.15) is 18.4 Å². The van der Waals surface area contributed by atoms with Crippen molar-refractivity contribution in [1.29, 1.82) is 0 Å². The van der Waals surface area contributed by atoms with Gasteiger partial charge in [0.25, 0.3) is 0 Å². The normalized spacial score (nSPS) is 27.1. The summed E-state index contributed by atoms with van der Waals surface area (Å²) in [4.78, 5) is 12.3. The molecule has 0 unspecified atom stereocenters. The minimum Gasteiger partial charge on any atom is -0.465 e. The summed E-state index contributed by atoms with van der Waals surface area (Å²) in [5.41, 5.74) is -1.02. The highest BCUT2D eigenvalue weighted by Gasteiger charge is 2.42. The zero-order chi connectivity index (χ0) is 16.8. The number of amides is 1. The van der Waals surface area contributed by atoms with E-state index >= 15 is 0 Å². The molecule has 2 N–H and O–H groups in total. The van der Waals surface area contributed by atoms with Crippen molar-refractivity contribution in [1.82, 2.24) is 15.1 Å². The van der Waals surface area contributed by atoms with E-state index in [0.29, 0.717) is 25.9 Å². The second-order valence-corrected chi connectivity index (χ2v) is 6.31. The van der Waals surface area contributed by atoms with Gasteiger partial charge >= 0.3 is 12.3 Å². The SMILES string of the molecule is O=C(O)N1C[C@H]2C[C@H](Nc3cc(C(F)(F)F)c(Cl)nn3)C[C@H]2C1. The van der Waals surface area contributed by atoms with Crippen molar-refractivity contribution in [2.45, 2.75) is 25.1 Å². The number of anilines is 1. The first-order valence-electron chi connectivity index (χ1n) is 7.09. The quantitative estimate of drug-likeness (QED) is 0.857. The Kier molecular flexibility index (Phi) is 3.99. The molecule has 23 heavy (non-hydrogen) atoms. The van der Waals surface area contributed by atoms with Gasteiger partial charge in [0.1, 0.15) is 5.82 Å². The van der Waals surface area contributed by atoms with Gasteiger partial charge in [-0.25, -0.2) is 4.79 Å². The summed E-state index contributed by atoms with van der Waals surface area (Å²) in [6.07, 6.45) is -4.13. The van der Waals surface area contributed by atoms with Crippen LogP contribution in [-0.4, -0.2) is 45.4 Å². The summed E-state index contributed by atoms with van der Waals surface area (Å²) in [5, 5.41) is 18.3. The van der Waals surface area contributed by atoms with Gasteiger partial charge in [-0.05, 0) is 30.7 Å². The lowest BCUT2D eigenvalue weighted by Crippen LogP contribution is -2.29. The average Bonchev–Trinajstić information content (AvgIpc) is 2.97. The number of nitrogens with zero attached hydrogens (tertiary/aromatic N) is 3. The Balaban J connectivity index is 1.65. The Morgan fingerprint density at radius 1 is 1.30 bits per heavy atom. The van der Waals surface area contributed by atoms with E-state index in [1.807, 2.05) is 0 Å². The number of alkyl halides is 3. The molecular weight excluding hydrogens is 337 g/mol. The third-order valence-electron chi connectivity index (χ3n) is 4.43. The monoisotopic (exact) mass is 350 g/mol. The maximum absolute atomic E-state index is 12.8. The Labute approximate surface area is 134 Å². The van der Waals surface area contributed by atoms with Gasteiger partial charge in [-0.15, -0.1) is 10.2 Å². The van der Waals surface area contributed by atoms with Gasteiger partial charge in [-0.1, -0.05) is 11.6 Å². The molecule has 0 radical (unpaired) electrons. The van der Waals surface area contributed by atoms with Gasteiger partial charge in [0.05, 0.1) is 5.56 Å². The Morgan fingerprint density at radius 3 is 2.43 bits per heavy atom. The molecule has 126 valence electrons. The maximum Gasteiger partial charge on any atom is 0.419 e. The number of hydrogen-bond acceptors (Lipinski definition) is 4. The van der Waals surface area contributed by atoms with Gasteiger partial charge in [0, 0.05) is 19.1 Å². The molecule has 0 bridgehead atoms. The minimum absolute atomic E-state index is 0.0294. The van der Waals surface area contributed by atoms with Crippen LogP contribution in [0.3, 0.4) is 0 Å². The second-order valence-electron chi connectivity index (χ2n) is 5.95. The zero-order valence-electron chi connectivity index (χ0n) is 11.8. The molecule has 1 saturated heterocycles. The highest BCUT2D eigenvalue weighted by molar-refractivity contribution is 6.30. The van der Waals surface area contributed by atoms with Crippen LogP contribution < -0.4 is 5.32 Å². The molecule has 1 aromatic rings. The van der Waals surface area contributed by atoms with Crippen LogP contribution in [0.15, 0.2) is 6.07 Å². The molecule has 3 atom stereocenters. The topological polar surface area (TPSA) is 78.4 Å². The molecule has 6 nitrogen and oxygen atoms in total. The third-order valence-corrected chi connectivity index (χ3v) is 4.71. The highest BCUT2D eigenvalue weighted by Crippen LogP contribution is 2.40. The van der Waals surface area contributed by atoms with Crippen LogP contribution in [-0.2, 0) is 6.18 Å². The Bertz CT molecular complexity index is 614. The molecule has 2 heterocycles. The lowest BCUT2D eigenvalue weighted by Gasteiger charge is -2.18. The number of halogens is 4. The number of hydrogen-bond donors (Lipinski definition) is 2. The first kappa shape index (κ1) is 16.1. The van der Waals surface area contributed by atoms with E-state index in [0.717, 1.165) is 6.07 Å². The predicted octanol–water partition coefficient (Wildman–Crippen LogP) is 2.95. The van der Waals surface area contributed by atoms with Crippen LogP contribution in [0.25, 0.3) is 0 Å². The van der Waals surface area contributed by atoms with Gasteiger partial charge in [-0.2, -0.15) is 13.2 Å². The lowest BCUT2D eigenvalue weighted by atomic mass is 10.0. The summed E-state index contributed by atoms with van der Waals surface area (Å²) in [7, 11) is 0. The van der Waals surface area contributed by atoms with Crippen molar-refractivity contribution in [2.24, 2.45) is 11.8 Å². The van der Waals surface area contributed by atoms with Crippen molar-refractivity contribution < 1.29 is 23.1 Å². The van der Waals surface area contributed by atoms with Gasteiger partial charge in [-0.3, -0.25) is 0 Å². The molecule has 2 fully saturated rings. The molecule has 1 aliphatic heterocycles. The van der Waals surface area contributed by atoms with Crippen LogP contribution in [0.2, 0.25) is 5.15 Å². The van der Waals surface area contributed by atoms with Crippen LogP contribution in [0.4, 0.5) is 23.8 Å². The standard InChI is InChI=1S/C13H14ClF3N4O2/c14-11-9(13(15,16)17)3-10(19-20-11)18-8-1-6-4-21(12(22)23)5-7(6)2-8/h3,6-8H,1-2,4-5H2,(H,18,19)(H,22,23)/t6-,7+,8+. The number of aromatic nitrogens is 2. The van der Waals surface area contributed by atoms with E-state index in [-0.39, 0.29) is 23.7 Å². The molecular formula is C13H14ClF3N4O2. The molecule has 2 aliphatic rings. The van der Waals surface area contributed by atoms with E-state index in [4.69, 9.17) is 16.7 Å². The Hall–Kier alpha value is -1.77. The first-order valence-corrected chi connectivity index (χ1v) is 7.46. The van der Waals surface area contributed by atoms with Gasteiger partial charge in [0.15, 0.2) is 5.15 Å². The fraction of sp³-hybridized carbons (Fsp3) is 0.615. The molecule has 3 rings (SSSR count). The molecule has 10 heteroatoms. The van der Waals surface area contributed by atoms with Crippen LogP contribution in [0.5, 0.6) is 0 Å². The largest absolute Gasteiger partial charge is 0.465 e. The summed E-state index contributed by atoms with van der Waals surface area (Å²) >= 11 is 5.44. The summed E-state index contributed by atoms with van der Waals surface area (Å²) in [6, 6.07) is 0.810. The first-order chi connectivity index (χ1) is 10.7. The minimum atomic E-state index is -4.59. The number of carbonyl (C=O) groups is 1. The predicted molar refractivity (Wildman–Crippen MR) is 75.3 cm³/mol. The molecule has 1 aromatic heterocycles. The van der Waals surface area contributed by atoms with Crippen LogP contribution in [0, 0.1) is 11.8 Å². The average molecular weight is 351 g/mol. The fourth-order valence-corrected chi connectivity index (χ4v) is 3.63. The van der Waals surface area contributed by atoms with E-state index in [1.54, 1.807) is 0 Å². The second kappa shape index (κ2) is 5.70. The number of likely N-dealkylation sites (tertiary alicyclic amines) is 1. The van der Waals surface area contributed by atoms with Crippen molar-refractivity contribution in [3.8, 4) is 0 Å². The number of rotatable bonds is 2. The number of fused-ring (bicyclic) bond motifs is 1. The smallest absolute Gasteiger partial charge is 0.419 e. The van der Waals surface area contributed by atoms with Crippen molar-refractivity contribution >= 4 is 23.5 Å². The summed E-state index contributed by atoms with van der Waals surface area (Å²) in [5.74, 6) is 0.485. The molecule has 1 aliphatic carbocycles. The van der Waals surface area contributed by atoms with Crippen molar-refractivity contribution in [3.05, 3.63) is 16.8 Å². The van der Waals surface area contributed by atoms with E-state index in [2.05, 4.69) is 15.5 Å². The summed E-state index contributed by atoms with van der Waals surface area (Å²) < 4.78 is 38.4. The molecule has 1 amide bonds. The van der Waals surface area contributed by atoms with E-state index in [9.17, 15) is 18.0 Å².